The molecule has 160 valence electrons. The van der Waals surface area contributed by atoms with Crippen molar-refractivity contribution in [2.75, 3.05) is 33.4 Å². The van der Waals surface area contributed by atoms with Gasteiger partial charge in [-0.1, -0.05) is 36.4 Å². The topological polar surface area (TPSA) is 67.9 Å². The van der Waals surface area contributed by atoms with Crippen LogP contribution in [0.3, 0.4) is 0 Å². The lowest BCUT2D eigenvalue weighted by Crippen LogP contribution is -2.44. The van der Waals surface area contributed by atoms with Gasteiger partial charge in [-0.05, 0) is 48.9 Å². The number of ether oxygens (including phenoxy) is 2. The van der Waals surface area contributed by atoms with Crippen LogP contribution < -0.4 is 14.8 Å². The maximum absolute atomic E-state index is 12.7. The second-order valence-electron chi connectivity index (χ2n) is 7.69. The number of piperidine rings is 1. The lowest BCUT2D eigenvalue weighted by Gasteiger charge is -2.33. The van der Waals surface area contributed by atoms with Gasteiger partial charge in [0.25, 0.3) is 5.91 Å². The number of rotatable bonds is 8. The van der Waals surface area contributed by atoms with Gasteiger partial charge in [-0.25, -0.2) is 0 Å². The average molecular weight is 411 g/mol. The molecule has 6 nitrogen and oxygen atoms in total. The van der Waals surface area contributed by atoms with Crippen LogP contribution in [0.2, 0.25) is 0 Å². The highest BCUT2D eigenvalue weighted by Crippen LogP contribution is 2.25. The predicted molar refractivity (Wildman–Crippen MR) is 116 cm³/mol. The third-order valence-corrected chi connectivity index (χ3v) is 5.49. The van der Waals surface area contributed by atoms with Crippen molar-refractivity contribution in [1.29, 1.82) is 0 Å². The number of aryl methyl sites for hydroxylation is 1. The molecule has 1 N–H and O–H groups in total. The molecule has 2 aromatic carbocycles. The van der Waals surface area contributed by atoms with Gasteiger partial charge in [0.2, 0.25) is 5.91 Å². The van der Waals surface area contributed by atoms with Gasteiger partial charge in [0, 0.05) is 19.6 Å². The van der Waals surface area contributed by atoms with Gasteiger partial charge < -0.3 is 19.7 Å². The molecule has 0 radical (unpaired) electrons. The monoisotopic (exact) mass is 410 g/mol. The quantitative estimate of drug-likeness (QED) is 0.727. The first-order valence-electron chi connectivity index (χ1n) is 10.4. The van der Waals surface area contributed by atoms with E-state index in [1.165, 1.54) is 0 Å². The van der Waals surface area contributed by atoms with Gasteiger partial charge in [-0.3, -0.25) is 9.59 Å². The zero-order valence-corrected chi connectivity index (χ0v) is 17.7. The standard InChI is InChI=1S/C24H30N2O4/c1-18-8-3-4-10-20(18)14-24(28)26-13-7-9-19(16-26)15-25-23(27)17-30-22-12-6-5-11-21(22)29-2/h3-6,8,10-12,19H,7,9,13-17H2,1-2H3,(H,25,27). The van der Waals surface area contributed by atoms with E-state index in [0.717, 1.165) is 30.5 Å². The summed E-state index contributed by atoms with van der Waals surface area (Å²) in [6.45, 7) is 3.97. The van der Waals surface area contributed by atoms with E-state index in [1.54, 1.807) is 19.2 Å². The van der Waals surface area contributed by atoms with Gasteiger partial charge >= 0.3 is 0 Å². The molecule has 0 aliphatic carbocycles. The fourth-order valence-corrected chi connectivity index (χ4v) is 3.73. The molecule has 1 aliphatic rings. The molecule has 30 heavy (non-hydrogen) atoms. The van der Waals surface area contributed by atoms with E-state index in [2.05, 4.69) is 5.32 Å². The molecular formula is C24H30N2O4. The number of nitrogens with one attached hydrogen (secondary N) is 1. The Hall–Kier alpha value is -3.02. The average Bonchev–Trinajstić information content (AvgIpc) is 2.78. The fraction of sp³-hybridized carbons (Fsp3) is 0.417. The molecule has 2 amide bonds. The van der Waals surface area contributed by atoms with Crippen LogP contribution in [0.4, 0.5) is 0 Å². The zero-order chi connectivity index (χ0) is 21.3. The van der Waals surface area contributed by atoms with Crippen molar-refractivity contribution in [2.24, 2.45) is 5.92 Å². The molecule has 1 unspecified atom stereocenters. The van der Waals surface area contributed by atoms with Crippen molar-refractivity contribution in [3.8, 4) is 11.5 Å². The molecular weight excluding hydrogens is 380 g/mol. The third-order valence-electron chi connectivity index (χ3n) is 5.49. The minimum absolute atomic E-state index is 0.0664. The van der Waals surface area contributed by atoms with Crippen LogP contribution in [-0.2, 0) is 16.0 Å². The predicted octanol–water partition coefficient (Wildman–Crippen LogP) is 2.98. The van der Waals surface area contributed by atoms with Gasteiger partial charge in [0.15, 0.2) is 18.1 Å². The summed E-state index contributed by atoms with van der Waals surface area (Å²) in [6.07, 6.45) is 2.39. The second kappa shape index (κ2) is 10.7. The highest BCUT2D eigenvalue weighted by molar-refractivity contribution is 5.79. The van der Waals surface area contributed by atoms with Crippen LogP contribution in [-0.4, -0.2) is 50.1 Å². The Kier molecular flexibility index (Phi) is 7.71. The Balaban J connectivity index is 1.44. The van der Waals surface area contributed by atoms with E-state index < -0.39 is 0 Å². The highest BCUT2D eigenvalue weighted by atomic mass is 16.5. The van der Waals surface area contributed by atoms with Crippen molar-refractivity contribution in [3.63, 3.8) is 0 Å². The molecule has 1 heterocycles. The lowest BCUT2D eigenvalue weighted by atomic mass is 9.97. The summed E-state index contributed by atoms with van der Waals surface area (Å²) in [4.78, 5) is 26.9. The second-order valence-corrected chi connectivity index (χ2v) is 7.69. The number of hydrogen-bond donors (Lipinski definition) is 1. The Bertz CT molecular complexity index is 868. The number of nitrogens with zero attached hydrogens (tertiary/aromatic N) is 1. The molecule has 6 heteroatoms. The lowest BCUT2D eigenvalue weighted by molar-refractivity contribution is -0.132. The van der Waals surface area contributed by atoms with Crippen molar-refractivity contribution < 1.29 is 19.1 Å². The number of likely N-dealkylation sites (tertiary alicyclic amines) is 1. The largest absolute Gasteiger partial charge is 0.493 e. The molecule has 0 saturated carbocycles. The maximum atomic E-state index is 12.7. The number of methoxy groups -OCH3 is 1. The molecule has 3 rings (SSSR count). The summed E-state index contributed by atoms with van der Waals surface area (Å²) in [5.41, 5.74) is 2.22. The van der Waals surface area contributed by atoms with Gasteiger partial charge in [-0.2, -0.15) is 0 Å². The molecule has 0 aromatic heterocycles. The SMILES string of the molecule is COc1ccccc1OCC(=O)NCC1CCCN(C(=O)Cc2ccccc2C)C1. The van der Waals surface area contributed by atoms with Crippen LogP contribution in [0, 0.1) is 12.8 Å². The van der Waals surface area contributed by atoms with E-state index in [-0.39, 0.29) is 24.3 Å². The molecule has 1 aliphatic heterocycles. The van der Waals surface area contributed by atoms with E-state index >= 15 is 0 Å². The van der Waals surface area contributed by atoms with Crippen molar-refractivity contribution in [2.45, 2.75) is 26.2 Å². The van der Waals surface area contributed by atoms with E-state index in [4.69, 9.17) is 9.47 Å². The first-order valence-corrected chi connectivity index (χ1v) is 10.4. The zero-order valence-electron chi connectivity index (χ0n) is 17.7. The minimum Gasteiger partial charge on any atom is -0.493 e. The first kappa shape index (κ1) is 21.7. The Morgan fingerprint density at radius 2 is 1.83 bits per heavy atom. The highest BCUT2D eigenvalue weighted by Gasteiger charge is 2.24. The smallest absolute Gasteiger partial charge is 0.257 e. The molecule has 0 bridgehead atoms. The Labute approximate surface area is 178 Å². The van der Waals surface area contributed by atoms with E-state index in [0.29, 0.717) is 31.0 Å². The minimum atomic E-state index is -0.177. The normalized spacial score (nSPS) is 16.1. The number of carbonyl (C=O) groups excluding carboxylic acids is 2. The number of hydrogen-bond acceptors (Lipinski definition) is 4. The Morgan fingerprint density at radius 1 is 1.10 bits per heavy atom. The van der Waals surface area contributed by atoms with Crippen LogP contribution in [0.15, 0.2) is 48.5 Å². The molecule has 1 atom stereocenters. The van der Waals surface area contributed by atoms with Crippen molar-refractivity contribution in [1.82, 2.24) is 10.2 Å². The number of carbonyl (C=O) groups is 2. The summed E-state index contributed by atoms with van der Waals surface area (Å²) in [5.74, 6) is 1.38. The summed E-state index contributed by atoms with van der Waals surface area (Å²) in [7, 11) is 1.57. The van der Waals surface area contributed by atoms with E-state index in [9.17, 15) is 9.59 Å². The number of para-hydroxylation sites is 2. The van der Waals surface area contributed by atoms with Crippen LogP contribution in [0.1, 0.15) is 24.0 Å². The molecule has 1 saturated heterocycles. The first-order chi connectivity index (χ1) is 14.6. The van der Waals surface area contributed by atoms with Gasteiger partial charge in [0.05, 0.1) is 13.5 Å². The van der Waals surface area contributed by atoms with Gasteiger partial charge in [0.1, 0.15) is 0 Å². The molecule has 0 spiro atoms. The fourth-order valence-electron chi connectivity index (χ4n) is 3.73. The number of benzene rings is 2. The molecule has 2 aromatic rings. The van der Waals surface area contributed by atoms with Gasteiger partial charge in [-0.15, -0.1) is 0 Å². The number of amides is 2. The summed E-state index contributed by atoms with van der Waals surface area (Å²) >= 11 is 0. The third kappa shape index (κ3) is 5.99. The van der Waals surface area contributed by atoms with Crippen LogP contribution >= 0.6 is 0 Å². The van der Waals surface area contributed by atoms with E-state index in [1.807, 2.05) is 48.2 Å². The Morgan fingerprint density at radius 3 is 2.60 bits per heavy atom. The summed E-state index contributed by atoms with van der Waals surface area (Å²) in [6, 6.07) is 15.2. The van der Waals surface area contributed by atoms with Crippen LogP contribution in [0.5, 0.6) is 11.5 Å². The van der Waals surface area contributed by atoms with Crippen molar-refractivity contribution >= 4 is 11.8 Å². The molecule has 1 fully saturated rings. The maximum Gasteiger partial charge on any atom is 0.257 e. The van der Waals surface area contributed by atoms with Crippen molar-refractivity contribution in [3.05, 3.63) is 59.7 Å². The summed E-state index contributed by atoms with van der Waals surface area (Å²) in [5, 5.41) is 2.94. The summed E-state index contributed by atoms with van der Waals surface area (Å²) < 4.78 is 10.8. The van der Waals surface area contributed by atoms with Crippen LogP contribution in [0.25, 0.3) is 0 Å².